The summed E-state index contributed by atoms with van der Waals surface area (Å²) < 4.78 is 6.10. The predicted octanol–water partition coefficient (Wildman–Crippen LogP) is 4.69. The molecule has 5 heteroatoms. The predicted molar refractivity (Wildman–Crippen MR) is 109 cm³/mol. The summed E-state index contributed by atoms with van der Waals surface area (Å²) in [5.74, 6) is -0.184. The van der Waals surface area contributed by atoms with Gasteiger partial charge in [0.25, 0.3) is 0 Å². The average molecular weight is 390 g/mol. The number of ether oxygens (including phenoxy) is 1. The first kappa shape index (κ1) is 18.9. The highest BCUT2D eigenvalue weighted by Crippen LogP contribution is 2.45. The minimum absolute atomic E-state index is 0.0755. The van der Waals surface area contributed by atoms with Gasteiger partial charge in [-0.05, 0) is 42.5 Å². The topological polar surface area (TPSA) is 87.0 Å². The van der Waals surface area contributed by atoms with Crippen LogP contribution in [0.5, 0.6) is 23.0 Å². The van der Waals surface area contributed by atoms with Crippen molar-refractivity contribution >= 4 is 5.78 Å². The maximum Gasteiger partial charge on any atom is 0.174 e. The van der Waals surface area contributed by atoms with Crippen LogP contribution in [0, 0.1) is 0 Å². The molecule has 29 heavy (non-hydrogen) atoms. The van der Waals surface area contributed by atoms with Crippen LogP contribution in [0.3, 0.4) is 0 Å². The second-order valence-electron chi connectivity index (χ2n) is 7.26. The van der Waals surface area contributed by atoms with Gasteiger partial charge in [0.2, 0.25) is 0 Å². The molecule has 148 valence electrons. The minimum Gasteiger partial charge on any atom is -0.508 e. The van der Waals surface area contributed by atoms with Crippen molar-refractivity contribution in [2.75, 3.05) is 0 Å². The Balaban J connectivity index is 1.62. The van der Waals surface area contributed by atoms with Crippen LogP contribution in [0.25, 0.3) is 0 Å². The van der Waals surface area contributed by atoms with E-state index in [0.29, 0.717) is 12.0 Å². The van der Waals surface area contributed by atoms with Gasteiger partial charge in [-0.3, -0.25) is 4.79 Å². The van der Waals surface area contributed by atoms with Crippen molar-refractivity contribution in [3.05, 3.63) is 82.9 Å². The number of fused-ring (bicyclic) bond motifs is 1. The van der Waals surface area contributed by atoms with Crippen LogP contribution in [0.2, 0.25) is 0 Å². The Kier molecular flexibility index (Phi) is 5.12. The summed E-state index contributed by atoms with van der Waals surface area (Å²) in [7, 11) is 0. The van der Waals surface area contributed by atoms with E-state index < -0.39 is 6.10 Å². The Labute approximate surface area is 168 Å². The van der Waals surface area contributed by atoms with Gasteiger partial charge in [0.15, 0.2) is 5.78 Å². The molecule has 0 spiro atoms. The molecule has 1 unspecified atom stereocenters. The van der Waals surface area contributed by atoms with Crippen LogP contribution in [-0.2, 0) is 12.8 Å². The molecule has 3 N–H and O–H groups in total. The molecule has 0 bridgehead atoms. The molecule has 1 aliphatic rings. The van der Waals surface area contributed by atoms with E-state index in [1.807, 2.05) is 30.3 Å². The van der Waals surface area contributed by atoms with E-state index in [-0.39, 0.29) is 40.8 Å². The van der Waals surface area contributed by atoms with Gasteiger partial charge < -0.3 is 20.1 Å². The van der Waals surface area contributed by atoms with E-state index in [9.17, 15) is 20.1 Å². The van der Waals surface area contributed by atoms with Crippen molar-refractivity contribution in [3.63, 3.8) is 0 Å². The van der Waals surface area contributed by atoms with Gasteiger partial charge in [0.1, 0.15) is 34.7 Å². The quantitative estimate of drug-likeness (QED) is 0.589. The third-order valence-corrected chi connectivity index (χ3v) is 5.25. The number of hydrogen-bond donors (Lipinski definition) is 3. The molecule has 3 aromatic rings. The fraction of sp³-hybridized carbons (Fsp3) is 0.208. The molecule has 0 saturated carbocycles. The molecule has 4 rings (SSSR count). The summed E-state index contributed by atoms with van der Waals surface area (Å²) in [5, 5.41) is 30.2. The molecule has 0 aromatic heterocycles. The maximum atomic E-state index is 12.7. The molecule has 1 aliphatic heterocycles. The lowest BCUT2D eigenvalue weighted by Gasteiger charge is -2.28. The summed E-state index contributed by atoms with van der Waals surface area (Å²) in [6.07, 6.45) is 1.64. The molecule has 3 aromatic carbocycles. The summed E-state index contributed by atoms with van der Waals surface area (Å²) in [6, 6.07) is 17.7. The van der Waals surface area contributed by atoms with Crippen LogP contribution in [0.4, 0.5) is 0 Å². The maximum absolute atomic E-state index is 12.7. The van der Waals surface area contributed by atoms with E-state index in [1.165, 1.54) is 11.6 Å². The third-order valence-electron chi connectivity index (χ3n) is 5.25. The van der Waals surface area contributed by atoms with E-state index in [0.717, 1.165) is 18.4 Å². The molecule has 1 atom stereocenters. The monoisotopic (exact) mass is 390 g/mol. The smallest absolute Gasteiger partial charge is 0.174 e. The Morgan fingerprint density at radius 3 is 2.34 bits per heavy atom. The van der Waals surface area contributed by atoms with Crippen LogP contribution >= 0.6 is 0 Å². The van der Waals surface area contributed by atoms with E-state index in [4.69, 9.17) is 4.74 Å². The molecule has 0 fully saturated rings. The first-order valence-electron chi connectivity index (χ1n) is 9.63. The van der Waals surface area contributed by atoms with Crippen molar-refractivity contribution in [1.82, 2.24) is 0 Å². The zero-order valence-electron chi connectivity index (χ0n) is 15.8. The number of aromatic hydroxyl groups is 3. The van der Waals surface area contributed by atoms with Gasteiger partial charge in [0.05, 0.1) is 6.42 Å². The lowest BCUT2D eigenvalue weighted by atomic mass is 9.91. The lowest BCUT2D eigenvalue weighted by Crippen LogP contribution is -2.21. The van der Waals surface area contributed by atoms with Crippen molar-refractivity contribution in [2.45, 2.75) is 31.8 Å². The summed E-state index contributed by atoms with van der Waals surface area (Å²) in [6.45, 7) is 0. The Morgan fingerprint density at radius 2 is 1.62 bits per heavy atom. The average Bonchev–Trinajstić information content (AvgIpc) is 2.71. The Bertz CT molecular complexity index is 1030. The van der Waals surface area contributed by atoms with Crippen molar-refractivity contribution in [3.8, 4) is 23.0 Å². The zero-order chi connectivity index (χ0) is 20.4. The first-order chi connectivity index (χ1) is 14.0. The summed E-state index contributed by atoms with van der Waals surface area (Å²) >= 11 is 0. The Morgan fingerprint density at radius 1 is 0.897 bits per heavy atom. The molecule has 0 amide bonds. The van der Waals surface area contributed by atoms with Crippen LogP contribution in [0.15, 0.2) is 60.7 Å². The van der Waals surface area contributed by atoms with Crippen molar-refractivity contribution in [2.24, 2.45) is 0 Å². The fourth-order valence-corrected chi connectivity index (χ4v) is 3.76. The highest BCUT2D eigenvalue weighted by molar-refractivity contribution is 6.03. The van der Waals surface area contributed by atoms with E-state index in [1.54, 1.807) is 24.3 Å². The largest absolute Gasteiger partial charge is 0.508 e. The molecular weight excluding hydrogens is 368 g/mol. The van der Waals surface area contributed by atoms with Gasteiger partial charge in [-0.1, -0.05) is 42.5 Å². The fourth-order valence-electron chi connectivity index (χ4n) is 3.76. The number of ketones is 1. The number of carbonyl (C=O) groups excluding carboxylic acids is 1. The molecule has 1 heterocycles. The van der Waals surface area contributed by atoms with Crippen LogP contribution in [0.1, 0.15) is 46.0 Å². The number of benzene rings is 3. The number of rotatable bonds is 5. The van der Waals surface area contributed by atoms with E-state index >= 15 is 0 Å². The Hall–Kier alpha value is -3.47. The van der Waals surface area contributed by atoms with Gasteiger partial charge in [-0.25, -0.2) is 0 Å². The number of phenols is 3. The highest BCUT2D eigenvalue weighted by atomic mass is 16.5. The van der Waals surface area contributed by atoms with Gasteiger partial charge in [0, 0.05) is 11.6 Å². The van der Waals surface area contributed by atoms with Crippen molar-refractivity contribution in [1.29, 1.82) is 0 Å². The van der Waals surface area contributed by atoms with E-state index in [2.05, 4.69) is 0 Å². The molecule has 5 nitrogen and oxygen atoms in total. The second-order valence-corrected chi connectivity index (χ2v) is 7.26. The normalized spacial score (nSPS) is 15.6. The van der Waals surface area contributed by atoms with Crippen molar-refractivity contribution < 1.29 is 24.9 Å². The van der Waals surface area contributed by atoms with Gasteiger partial charge in [-0.15, -0.1) is 0 Å². The first-order valence-corrected chi connectivity index (χ1v) is 9.63. The number of Topliss-reactive ketones (excluding diaryl/α,β-unsaturated/α-hetero) is 1. The number of hydrogen-bond acceptors (Lipinski definition) is 5. The molecule has 0 aliphatic carbocycles. The lowest BCUT2D eigenvalue weighted by molar-refractivity contribution is 0.0842. The second kappa shape index (κ2) is 7.87. The molecule has 0 saturated heterocycles. The van der Waals surface area contributed by atoms with Gasteiger partial charge in [-0.2, -0.15) is 0 Å². The van der Waals surface area contributed by atoms with Crippen LogP contribution < -0.4 is 4.74 Å². The number of carbonyl (C=O) groups is 1. The summed E-state index contributed by atoms with van der Waals surface area (Å²) in [4.78, 5) is 12.7. The summed E-state index contributed by atoms with van der Waals surface area (Å²) in [5.41, 5.74) is 2.61. The SMILES string of the molecule is O=C1CC(c2ccc(O)cc2)Oc2c(CCCc3ccccc3)c(O)cc(O)c21. The van der Waals surface area contributed by atoms with Gasteiger partial charge >= 0.3 is 0 Å². The molecule has 0 radical (unpaired) electrons. The zero-order valence-corrected chi connectivity index (χ0v) is 15.8. The highest BCUT2D eigenvalue weighted by Gasteiger charge is 2.33. The minimum atomic E-state index is -0.537. The third kappa shape index (κ3) is 3.90. The number of phenolic OH excluding ortho intramolecular Hbond substituents is 3. The van der Waals surface area contributed by atoms with Crippen LogP contribution in [-0.4, -0.2) is 21.1 Å². The standard InChI is InChI=1S/C24H22O5/c25-17-11-9-16(10-12-17)22-14-21(28)23-20(27)13-19(26)18(24(23)29-22)8-4-7-15-5-2-1-3-6-15/h1-3,5-6,9-13,22,25-27H,4,7-8,14H2. The molecular formula is C24H22O5. The number of aryl methyl sites for hydroxylation is 1.